The van der Waals surface area contributed by atoms with Crippen LogP contribution in [0.25, 0.3) is 0 Å². The quantitative estimate of drug-likeness (QED) is 0.893. The summed E-state index contributed by atoms with van der Waals surface area (Å²) in [6.45, 7) is 7.22. The number of hydrogen-bond acceptors (Lipinski definition) is 4. The van der Waals surface area contributed by atoms with Gasteiger partial charge in [0.1, 0.15) is 5.75 Å². The molecule has 0 bridgehead atoms. The van der Waals surface area contributed by atoms with Gasteiger partial charge in [0.2, 0.25) is 0 Å². The first kappa shape index (κ1) is 18.3. The van der Waals surface area contributed by atoms with Crippen molar-refractivity contribution in [1.29, 1.82) is 0 Å². The Hall–Kier alpha value is -2.54. The second kappa shape index (κ2) is 6.32. The summed E-state index contributed by atoms with van der Waals surface area (Å²) in [6, 6.07) is 8.73. The molecule has 0 aromatic heterocycles. The van der Waals surface area contributed by atoms with E-state index in [1.54, 1.807) is 38.1 Å². The molecule has 2 aromatic carbocycles. The Morgan fingerprint density at radius 2 is 1.69 bits per heavy atom. The Balaban J connectivity index is 2.24. The highest BCUT2D eigenvalue weighted by atomic mass is 32.2. The van der Waals surface area contributed by atoms with Gasteiger partial charge >= 0.3 is 0 Å². The molecule has 1 unspecified atom stereocenters. The molecule has 0 aliphatic carbocycles. The number of nitrogens with two attached hydrogens (primary N) is 1. The molecular formula is C19H22N2O4S. The third-order valence-corrected chi connectivity index (χ3v) is 6.95. The summed E-state index contributed by atoms with van der Waals surface area (Å²) < 4.78 is 34.0. The van der Waals surface area contributed by atoms with Gasteiger partial charge in [0, 0.05) is 0 Å². The minimum Gasteiger partial charge on any atom is -0.476 e. The van der Waals surface area contributed by atoms with Crippen LogP contribution in [0.2, 0.25) is 0 Å². The molecule has 26 heavy (non-hydrogen) atoms. The van der Waals surface area contributed by atoms with E-state index in [2.05, 4.69) is 0 Å². The number of carbonyl (C=O) groups excluding carboxylic acids is 1. The zero-order chi connectivity index (χ0) is 19.2. The minimum atomic E-state index is -3.90. The number of carbonyl (C=O) groups is 1. The van der Waals surface area contributed by atoms with E-state index in [9.17, 15) is 13.2 Å². The van der Waals surface area contributed by atoms with Crippen molar-refractivity contribution in [3.63, 3.8) is 0 Å². The number of fused-ring (bicyclic) bond motifs is 1. The lowest BCUT2D eigenvalue weighted by Gasteiger charge is -2.35. The molecule has 0 saturated carbocycles. The third-order valence-electron chi connectivity index (χ3n) is 4.90. The SMILES string of the molecule is Cc1cc(C)c(C)c(S(=O)(=O)N2CC(C(N)=O)Oc3ccccc32)c1C. The van der Waals surface area contributed by atoms with E-state index in [1.165, 1.54) is 4.31 Å². The Bertz CT molecular complexity index is 973. The number of ether oxygens (including phenoxy) is 1. The fourth-order valence-corrected chi connectivity index (χ4v) is 5.31. The van der Waals surface area contributed by atoms with Crippen LogP contribution < -0.4 is 14.8 Å². The normalized spacial score (nSPS) is 16.8. The Morgan fingerprint density at radius 3 is 2.27 bits per heavy atom. The number of hydrogen-bond donors (Lipinski definition) is 1. The number of primary amides is 1. The number of para-hydroxylation sites is 2. The van der Waals surface area contributed by atoms with Gasteiger partial charge in [0.05, 0.1) is 17.1 Å². The monoisotopic (exact) mass is 374 g/mol. The van der Waals surface area contributed by atoms with Crippen molar-refractivity contribution < 1.29 is 17.9 Å². The highest BCUT2D eigenvalue weighted by Crippen LogP contribution is 2.38. The molecule has 0 fully saturated rings. The molecule has 6 nitrogen and oxygen atoms in total. The van der Waals surface area contributed by atoms with E-state index in [1.807, 2.05) is 19.9 Å². The standard InChI is InChI=1S/C19H22N2O4S/c1-11-9-12(2)14(4)18(13(11)3)26(23,24)21-10-17(19(20)22)25-16-8-6-5-7-15(16)21/h5-9,17H,10H2,1-4H3,(H2,20,22). The smallest absolute Gasteiger partial charge is 0.265 e. The van der Waals surface area contributed by atoms with Gasteiger partial charge in [0.25, 0.3) is 15.9 Å². The molecule has 7 heteroatoms. The minimum absolute atomic E-state index is 0.152. The predicted molar refractivity (Wildman–Crippen MR) is 100.0 cm³/mol. The van der Waals surface area contributed by atoms with Crippen LogP contribution in [-0.2, 0) is 14.8 Å². The van der Waals surface area contributed by atoms with Gasteiger partial charge in [-0.2, -0.15) is 0 Å². The van der Waals surface area contributed by atoms with E-state index >= 15 is 0 Å². The fraction of sp³-hybridized carbons (Fsp3) is 0.316. The van der Waals surface area contributed by atoms with Crippen molar-refractivity contribution in [3.8, 4) is 5.75 Å². The maximum atomic E-state index is 13.6. The second-order valence-corrected chi connectivity index (χ2v) is 8.40. The second-order valence-electron chi connectivity index (χ2n) is 6.60. The van der Waals surface area contributed by atoms with Crippen molar-refractivity contribution >= 4 is 21.6 Å². The van der Waals surface area contributed by atoms with Crippen LogP contribution in [0.3, 0.4) is 0 Å². The topological polar surface area (TPSA) is 89.7 Å². The Labute approximate surface area is 153 Å². The van der Waals surface area contributed by atoms with E-state index in [0.717, 1.165) is 11.1 Å². The number of aryl methyl sites for hydroxylation is 2. The van der Waals surface area contributed by atoms with Crippen molar-refractivity contribution in [2.45, 2.75) is 38.7 Å². The largest absolute Gasteiger partial charge is 0.476 e. The van der Waals surface area contributed by atoms with Crippen LogP contribution in [0.5, 0.6) is 5.75 Å². The zero-order valence-corrected chi connectivity index (χ0v) is 16.1. The predicted octanol–water partition coefficient (Wildman–Crippen LogP) is 2.36. The summed E-state index contributed by atoms with van der Waals surface area (Å²) in [5.41, 5.74) is 9.00. The molecule has 2 N–H and O–H groups in total. The van der Waals surface area contributed by atoms with Crippen LogP contribution in [-0.4, -0.2) is 27.0 Å². The van der Waals surface area contributed by atoms with Gasteiger partial charge in [-0.3, -0.25) is 9.10 Å². The molecule has 1 aliphatic heterocycles. The van der Waals surface area contributed by atoms with Crippen molar-refractivity contribution in [2.24, 2.45) is 5.73 Å². The van der Waals surface area contributed by atoms with E-state index < -0.39 is 22.0 Å². The zero-order valence-electron chi connectivity index (χ0n) is 15.2. The maximum Gasteiger partial charge on any atom is 0.265 e. The third kappa shape index (κ3) is 2.82. The fourth-order valence-electron chi connectivity index (χ4n) is 3.26. The molecule has 1 aliphatic rings. The van der Waals surface area contributed by atoms with Crippen molar-refractivity contribution in [1.82, 2.24) is 0 Å². The number of rotatable bonds is 3. The number of sulfonamides is 1. The van der Waals surface area contributed by atoms with Gasteiger partial charge in [0.15, 0.2) is 6.10 Å². The molecule has 0 saturated heterocycles. The van der Waals surface area contributed by atoms with Crippen LogP contribution in [0, 0.1) is 27.7 Å². The lowest BCUT2D eigenvalue weighted by atomic mass is 10.0. The maximum absolute atomic E-state index is 13.6. The highest BCUT2D eigenvalue weighted by Gasteiger charge is 2.38. The van der Waals surface area contributed by atoms with Gasteiger partial charge in [-0.25, -0.2) is 8.42 Å². The van der Waals surface area contributed by atoms with E-state index in [-0.39, 0.29) is 11.4 Å². The molecule has 138 valence electrons. The Kier molecular flexibility index (Phi) is 4.44. The number of nitrogens with zero attached hydrogens (tertiary/aromatic N) is 1. The van der Waals surface area contributed by atoms with E-state index in [0.29, 0.717) is 22.6 Å². The summed E-state index contributed by atoms with van der Waals surface area (Å²) in [6.07, 6.45) is -1.04. The van der Waals surface area contributed by atoms with Gasteiger partial charge < -0.3 is 10.5 Å². The van der Waals surface area contributed by atoms with Crippen LogP contribution in [0.1, 0.15) is 22.3 Å². The number of anilines is 1. The summed E-state index contributed by atoms with van der Waals surface area (Å²) in [5, 5.41) is 0. The van der Waals surface area contributed by atoms with Crippen LogP contribution in [0.15, 0.2) is 35.2 Å². The molecule has 2 aromatic rings. The molecule has 1 heterocycles. The lowest BCUT2D eigenvalue weighted by molar-refractivity contribution is -0.124. The van der Waals surface area contributed by atoms with Crippen LogP contribution >= 0.6 is 0 Å². The highest BCUT2D eigenvalue weighted by molar-refractivity contribution is 7.93. The molecule has 0 radical (unpaired) electrons. The van der Waals surface area contributed by atoms with Crippen LogP contribution in [0.4, 0.5) is 5.69 Å². The van der Waals surface area contributed by atoms with E-state index in [4.69, 9.17) is 10.5 Å². The van der Waals surface area contributed by atoms with Gasteiger partial charge in [-0.1, -0.05) is 18.2 Å². The molecule has 1 amide bonds. The number of benzene rings is 2. The first-order valence-corrected chi connectivity index (χ1v) is 9.73. The molecule has 1 atom stereocenters. The average molecular weight is 374 g/mol. The summed E-state index contributed by atoms with van der Waals surface area (Å²) in [5.74, 6) is -0.376. The molecular weight excluding hydrogens is 352 g/mol. The lowest BCUT2D eigenvalue weighted by Crippen LogP contribution is -2.49. The average Bonchev–Trinajstić information content (AvgIpc) is 2.59. The first-order chi connectivity index (χ1) is 12.1. The van der Waals surface area contributed by atoms with Crippen molar-refractivity contribution in [3.05, 3.63) is 52.6 Å². The Morgan fingerprint density at radius 1 is 1.12 bits per heavy atom. The van der Waals surface area contributed by atoms with Gasteiger partial charge in [-0.15, -0.1) is 0 Å². The number of amides is 1. The summed E-state index contributed by atoms with van der Waals surface area (Å²) >= 11 is 0. The van der Waals surface area contributed by atoms with Gasteiger partial charge in [-0.05, 0) is 62.1 Å². The molecule has 3 rings (SSSR count). The summed E-state index contributed by atoms with van der Waals surface area (Å²) in [4.78, 5) is 12.0. The summed E-state index contributed by atoms with van der Waals surface area (Å²) in [7, 11) is -3.90. The first-order valence-electron chi connectivity index (χ1n) is 8.29. The molecule has 0 spiro atoms. The van der Waals surface area contributed by atoms with Crippen molar-refractivity contribution in [2.75, 3.05) is 10.8 Å².